The first-order valence-corrected chi connectivity index (χ1v) is 5.74. The number of aryl methyl sites for hydroxylation is 2. The van der Waals surface area contributed by atoms with Gasteiger partial charge < -0.3 is 5.73 Å². The molecule has 0 atom stereocenters. The van der Waals surface area contributed by atoms with E-state index in [9.17, 15) is 0 Å². The van der Waals surface area contributed by atoms with Gasteiger partial charge in [-0.15, -0.1) is 0 Å². The van der Waals surface area contributed by atoms with Gasteiger partial charge in [-0.1, -0.05) is 0 Å². The molecule has 0 spiro atoms. The average molecular weight is 216 g/mol. The molecule has 1 aliphatic rings. The predicted octanol–water partition coefficient (Wildman–Crippen LogP) is 1.46. The van der Waals surface area contributed by atoms with Crippen molar-refractivity contribution in [3.8, 4) is 0 Å². The highest BCUT2D eigenvalue weighted by atomic mass is 15.1. The molecule has 0 radical (unpaired) electrons. The van der Waals surface area contributed by atoms with Gasteiger partial charge in [0.15, 0.2) is 0 Å². The fraction of sp³-hybridized carbons (Fsp3) is 0.500. The van der Waals surface area contributed by atoms with Crippen LogP contribution in [0.2, 0.25) is 0 Å². The first-order chi connectivity index (χ1) is 7.66. The Labute approximate surface area is 94.5 Å². The highest BCUT2D eigenvalue weighted by molar-refractivity contribution is 5.32. The van der Waals surface area contributed by atoms with E-state index in [4.69, 9.17) is 5.73 Å². The van der Waals surface area contributed by atoms with Crippen molar-refractivity contribution in [2.75, 3.05) is 0 Å². The van der Waals surface area contributed by atoms with Crippen LogP contribution in [0.15, 0.2) is 18.6 Å². The molecule has 84 valence electrons. The van der Waals surface area contributed by atoms with E-state index < -0.39 is 0 Å². The van der Waals surface area contributed by atoms with Crippen molar-refractivity contribution in [3.63, 3.8) is 0 Å². The molecule has 1 aliphatic carbocycles. The summed E-state index contributed by atoms with van der Waals surface area (Å²) in [5.41, 5.74) is 8.57. The molecule has 0 aromatic carbocycles. The molecular weight excluding hydrogens is 200 g/mol. The van der Waals surface area contributed by atoms with Crippen molar-refractivity contribution in [1.82, 2.24) is 14.4 Å². The van der Waals surface area contributed by atoms with Crippen LogP contribution in [0.1, 0.15) is 30.5 Å². The minimum absolute atomic E-state index is 0.124. The predicted molar refractivity (Wildman–Crippen MR) is 62.2 cm³/mol. The highest BCUT2D eigenvalue weighted by Crippen LogP contribution is 2.36. The molecule has 1 fully saturated rings. The summed E-state index contributed by atoms with van der Waals surface area (Å²) in [6.07, 6.45) is 10.3. The number of fused-ring (bicyclic) bond motifs is 1. The van der Waals surface area contributed by atoms with Gasteiger partial charge in [-0.3, -0.25) is 4.40 Å². The molecule has 2 aromatic rings. The van der Waals surface area contributed by atoms with Gasteiger partial charge in [-0.2, -0.15) is 0 Å². The van der Waals surface area contributed by atoms with Crippen LogP contribution in [0.25, 0.3) is 5.78 Å². The molecule has 1 saturated carbocycles. The van der Waals surface area contributed by atoms with Crippen molar-refractivity contribution in [2.24, 2.45) is 5.73 Å². The van der Waals surface area contributed by atoms with Gasteiger partial charge in [0, 0.05) is 23.6 Å². The van der Waals surface area contributed by atoms with Crippen molar-refractivity contribution >= 4 is 5.78 Å². The molecule has 0 unspecified atom stereocenters. The molecule has 2 aromatic heterocycles. The normalized spacial score (nSPS) is 17.9. The van der Waals surface area contributed by atoms with E-state index in [1.54, 1.807) is 0 Å². The Morgan fingerprint density at radius 2 is 2.12 bits per heavy atom. The van der Waals surface area contributed by atoms with Crippen molar-refractivity contribution in [3.05, 3.63) is 29.8 Å². The number of hydrogen-bond donors (Lipinski definition) is 1. The van der Waals surface area contributed by atoms with E-state index >= 15 is 0 Å². The molecule has 0 amide bonds. The monoisotopic (exact) mass is 216 g/mol. The lowest BCUT2D eigenvalue weighted by atomic mass is 10.1. The number of rotatable bonds is 3. The molecule has 2 N–H and O–H groups in total. The number of imidazole rings is 1. The van der Waals surface area contributed by atoms with Crippen molar-refractivity contribution in [2.45, 2.75) is 38.1 Å². The lowest BCUT2D eigenvalue weighted by Gasteiger charge is -2.08. The van der Waals surface area contributed by atoms with Gasteiger partial charge in [-0.05, 0) is 38.2 Å². The Morgan fingerprint density at radius 1 is 1.38 bits per heavy atom. The lowest BCUT2D eigenvalue weighted by Crippen LogP contribution is -2.22. The Hall–Kier alpha value is -1.42. The second-order valence-corrected chi connectivity index (χ2v) is 4.89. The van der Waals surface area contributed by atoms with Crippen LogP contribution in [0.3, 0.4) is 0 Å². The average Bonchev–Trinajstić information content (AvgIpc) is 2.92. The lowest BCUT2D eigenvalue weighted by molar-refractivity contribution is 0.607. The molecule has 4 nitrogen and oxygen atoms in total. The standard InChI is InChI=1S/C12H16N4/c1-9-6-14-11-15-7-10(8-16(9)11)2-3-12(13)4-5-12/h6-8H,2-5,13H2,1H3. The molecule has 16 heavy (non-hydrogen) atoms. The van der Waals surface area contributed by atoms with E-state index in [1.807, 2.05) is 23.7 Å². The van der Waals surface area contributed by atoms with E-state index in [2.05, 4.69) is 16.2 Å². The number of hydrogen-bond acceptors (Lipinski definition) is 3. The van der Waals surface area contributed by atoms with Crippen LogP contribution in [-0.2, 0) is 6.42 Å². The van der Waals surface area contributed by atoms with E-state index in [0.29, 0.717) is 0 Å². The second kappa shape index (κ2) is 3.28. The van der Waals surface area contributed by atoms with Crippen LogP contribution in [0.4, 0.5) is 0 Å². The minimum Gasteiger partial charge on any atom is -0.325 e. The number of nitrogens with two attached hydrogens (primary N) is 1. The summed E-state index contributed by atoms with van der Waals surface area (Å²) in [4.78, 5) is 8.54. The van der Waals surface area contributed by atoms with Gasteiger partial charge in [0.2, 0.25) is 5.78 Å². The summed E-state index contributed by atoms with van der Waals surface area (Å²) < 4.78 is 2.03. The Bertz CT molecular complexity index is 525. The first kappa shape index (κ1) is 9.78. The van der Waals surface area contributed by atoms with Gasteiger partial charge in [0.05, 0.1) is 6.20 Å². The molecule has 2 heterocycles. The maximum Gasteiger partial charge on any atom is 0.233 e. The molecule has 4 heteroatoms. The minimum atomic E-state index is 0.124. The van der Waals surface area contributed by atoms with Crippen LogP contribution in [-0.4, -0.2) is 19.9 Å². The van der Waals surface area contributed by atoms with Gasteiger partial charge in [0.1, 0.15) is 0 Å². The summed E-state index contributed by atoms with van der Waals surface area (Å²) in [7, 11) is 0. The smallest absolute Gasteiger partial charge is 0.233 e. The van der Waals surface area contributed by atoms with Crippen LogP contribution in [0, 0.1) is 6.92 Å². The third-order valence-corrected chi connectivity index (χ3v) is 3.41. The number of nitrogens with zero attached hydrogens (tertiary/aromatic N) is 3. The largest absolute Gasteiger partial charge is 0.325 e. The van der Waals surface area contributed by atoms with E-state index in [1.165, 1.54) is 18.4 Å². The molecule has 0 saturated heterocycles. The molecular formula is C12H16N4. The topological polar surface area (TPSA) is 56.2 Å². The summed E-state index contributed by atoms with van der Waals surface area (Å²) in [5.74, 6) is 0.773. The second-order valence-electron chi connectivity index (χ2n) is 4.89. The molecule has 0 bridgehead atoms. The van der Waals surface area contributed by atoms with Crippen LogP contribution < -0.4 is 5.73 Å². The fourth-order valence-electron chi connectivity index (χ4n) is 1.96. The molecule has 0 aliphatic heterocycles. The molecule has 3 rings (SSSR count). The zero-order valence-corrected chi connectivity index (χ0v) is 9.48. The zero-order chi connectivity index (χ0) is 11.2. The zero-order valence-electron chi connectivity index (χ0n) is 9.48. The Kier molecular flexibility index (Phi) is 2.01. The van der Waals surface area contributed by atoms with Crippen molar-refractivity contribution < 1.29 is 0 Å². The third kappa shape index (κ3) is 1.69. The summed E-state index contributed by atoms with van der Waals surface area (Å²) in [6, 6.07) is 0. The summed E-state index contributed by atoms with van der Waals surface area (Å²) >= 11 is 0. The Morgan fingerprint density at radius 3 is 2.88 bits per heavy atom. The van der Waals surface area contributed by atoms with Crippen LogP contribution >= 0.6 is 0 Å². The van der Waals surface area contributed by atoms with Gasteiger partial charge in [0.25, 0.3) is 0 Å². The van der Waals surface area contributed by atoms with Crippen molar-refractivity contribution in [1.29, 1.82) is 0 Å². The SMILES string of the molecule is Cc1cnc2ncc(CCC3(N)CC3)cn12. The maximum atomic E-state index is 6.08. The van der Waals surface area contributed by atoms with E-state index in [-0.39, 0.29) is 5.54 Å². The van der Waals surface area contributed by atoms with E-state index in [0.717, 1.165) is 24.3 Å². The first-order valence-electron chi connectivity index (χ1n) is 5.74. The third-order valence-electron chi connectivity index (χ3n) is 3.41. The Balaban J connectivity index is 1.83. The quantitative estimate of drug-likeness (QED) is 0.845. The van der Waals surface area contributed by atoms with Gasteiger partial charge in [-0.25, -0.2) is 9.97 Å². The number of aromatic nitrogens is 3. The maximum absolute atomic E-state index is 6.08. The summed E-state index contributed by atoms with van der Waals surface area (Å²) in [5, 5.41) is 0. The highest BCUT2D eigenvalue weighted by Gasteiger charge is 2.37. The fourth-order valence-corrected chi connectivity index (χ4v) is 1.96. The van der Waals surface area contributed by atoms with Gasteiger partial charge >= 0.3 is 0 Å². The summed E-state index contributed by atoms with van der Waals surface area (Å²) in [6.45, 7) is 2.04. The van der Waals surface area contributed by atoms with Crippen LogP contribution in [0.5, 0.6) is 0 Å².